The lowest BCUT2D eigenvalue weighted by molar-refractivity contribution is 0.0130. The van der Waals surface area contributed by atoms with E-state index in [2.05, 4.69) is 5.32 Å². The Morgan fingerprint density at radius 1 is 1.33 bits per heavy atom. The van der Waals surface area contributed by atoms with E-state index < -0.39 is 0 Å². The molecule has 1 N–H and O–H groups in total. The zero-order valence-corrected chi connectivity index (χ0v) is 5.60. The molecule has 0 aromatic heterocycles. The van der Waals surface area contributed by atoms with Gasteiger partial charge >= 0.3 is 0 Å². The molecule has 2 aliphatic rings. The van der Waals surface area contributed by atoms with Crippen molar-refractivity contribution < 1.29 is 4.74 Å². The molecule has 2 rings (SSSR count). The monoisotopic (exact) mass is 127 g/mol. The molecule has 1 heterocycles. The van der Waals surface area contributed by atoms with Crippen LogP contribution in [0, 0.1) is 5.92 Å². The third kappa shape index (κ3) is 1.43. The lowest BCUT2D eigenvalue weighted by Gasteiger charge is -2.26. The second-order valence-corrected chi connectivity index (χ2v) is 3.06. The van der Waals surface area contributed by atoms with E-state index in [0.29, 0.717) is 6.10 Å². The number of rotatable bonds is 3. The molecule has 1 saturated heterocycles. The number of nitrogens with one attached hydrogen (secondary N) is 1. The van der Waals surface area contributed by atoms with Gasteiger partial charge in [-0.05, 0) is 18.8 Å². The van der Waals surface area contributed by atoms with Crippen LogP contribution in [-0.4, -0.2) is 25.8 Å². The Balaban J connectivity index is 1.55. The minimum atomic E-state index is 0.547. The maximum absolute atomic E-state index is 5.54. The van der Waals surface area contributed by atoms with Gasteiger partial charge in [0.1, 0.15) is 0 Å². The SMILES string of the molecule is C1CC1COC1CNC1. The summed E-state index contributed by atoms with van der Waals surface area (Å²) in [6.45, 7) is 3.17. The highest BCUT2D eigenvalue weighted by Crippen LogP contribution is 2.29. The van der Waals surface area contributed by atoms with Gasteiger partial charge in [-0.25, -0.2) is 0 Å². The molecular weight excluding hydrogens is 114 g/mol. The van der Waals surface area contributed by atoms with Gasteiger partial charge in [0.25, 0.3) is 0 Å². The Bertz CT molecular complexity index is 97.1. The Labute approximate surface area is 55.6 Å². The number of hydrogen-bond donors (Lipinski definition) is 1. The third-order valence-electron chi connectivity index (χ3n) is 2.01. The van der Waals surface area contributed by atoms with Gasteiger partial charge in [-0.2, -0.15) is 0 Å². The maximum Gasteiger partial charge on any atom is 0.0823 e. The summed E-state index contributed by atoms with van der Waals surface area (Å²) in [6.07, 6.45) is 3.35. The first-order chi connectivity index (χ1) is 4.45. The van der Waals surface area contributed by atoms with E-state index in [1.165, 1.54) is 12.8 Å². The van der Waals surface area contributed by atoms with Crippen LogP contribution in [0.2, 0.25) is 0 Å². The normalized spacial score (nSPS) is 28.0. The van der Waals surface area contributed by atoms with E-state index in [9.17, 15) is 0 Å². The summed E-state index contributed by atoms with van der Waals surface area (Å²) in [6, 6.07) is 0. The zero-order valence-electron chi connectivity index (χ0n) is 5.60. The van der Waals surface area contributed by atoms with Crippen LogP contribution in [0.5, 0.6) is 0 Å². The topological polar surface area (TPSA) is 21.3 Å². The molecular formula is C7H13NO. The molecule has 1 saturated carbocycles. The summed E-state index contributed by atoms with van der Waals surface area (Å²) in [4.78, 5) is 0. The van der Waals surface area contributed by atoms with E-state index in [0.717, 1.165) is 25.6 Å². The van der Waals surface area contributed by atoms with Gasteiger partial charge < -0.3 is 10.1 Å². The van der Waals surface area contributed by atoms with Crippen LogP contribution in [0.4, 0.5) is 0 Å². The van der Waals surface area contributed by atoms with Gasteiger partial charge in [-0.15, -0.1) is 0 Å². The fourth-order valence-electron chi connectivity index (χ4n) is 0.937. The van der Waals surface area contributed by atoms with Crippen LogP contribution in [0.25, 0.3) is 0 Å². The molecule has 0 atom stereocenters. The molecule has 0 amide bonds. The van der Waals surface area contributed by atoms with Crippen molar-refractivity contribution in [1.82, 2.24) is 5.32 Å². The lowest BCUT2D eigenvalue weighted by atomic mass is 10.2. The fourth-order valence-corrected chi connectivity index (χ4v) is 0.937. The van der Waals surface area contributed by atoms with Gasteiger partial charge in [-0.3, -0.25) is 0 Å². The highest BCUT2D eigenvalue weighted by atomic mass is 16.5. The molecule has 1 aliphatic heterocycles. The van der Waals surface area contributed by atoms with Crippen molar-refractivity contribution >= 4 is 0 Å². The molecule has 52 valence electrons. The second kappa shape index (κ2) is 2.27. The molecule has 0 aromatic rings. The minimum Gasteiger partial charge on any atom is -0.375 e. The Morgan fingerprint density at radius 3 is 2.56 bits per heavy atom. The van der Waals surface area contributed by atoms with Gasteiger partial charge in [-0.1, -0.05) is 0 Å². The average molecular weight is 127 g/mol. The van der Waals surface area contributed by atoms with Gasteiger partial charge in [0.05, 0.1) is 6.10 Å². The van der Waals surface area contributed by atoms with Gasteiger partial charge in [0, 0.05) is 19.7 Å². The highest BCUT2D eigenvalue weighted by molar-refractivity contribution is 4.78. The Morgan fingerprint density at radius 2 is 2.11 bits per heavy atom. The van der Waals surface area contributed by atoms with Crippen LogP contribution in [0.3, 0.4) is 0 Å². The third-order valence-corrected chi connectivity index (χ3v) is 2.01. The first-order valence-electron chi connectivity index (χ1n) is 3.77. The highest BCUT2D eigenvalue weighted by Gasteiger charge is 2.24. The molecule has 9 heavy (non-hydrogen) atoms. The summed E-state index contributed by atoms with van der Waals surface area (Å²) in [5.74, 6) is 0.922. The van der Waals surface area contributed by atoms with Crippen LogP contribution in [0.15, 0.2) is 0 Å². The van der Waals surface area contributed by atoms with Gasteiger partial charge in [0.15, 0.2) is 0 Å². The predicted molar refractivity (Wildman–Crippen MR) is 35.3 cm³/mol. The van der Waals surface area contributed by atoms with Crippen molar-refractivity contribution in [3.8, 4) is 0 Å². The van der Waals surface area contributed by atoms with E-state index >= 15 is 0 Å². The minimum absolute atomic E-state index is 0.547. The molecule has 0 radical (unpaired) electrons. The van der Waals surface area contributed by atoms with Crippen LogP contribution in [0.1, 0.15) is 12.8 Å². The van der Waals surface area contributed by atoms with E-state index in [-0.39, 0.29) is 0 Å². The fraction of sp³-hybridized carbons (Fsp3) is 1.00. The van der Waals surface area contributed by atoms with E-state index in [4.69, 9.17) is 4.74 Å². The smallest absolute Gasteiger partial charge is 0.0823 e. The molecule has 0 spiro atoms. The summed E-state index contributed by atoms with van der Waals surface area (Å²) in [5, 5.41) is 3.18. The quantitative estimate of drug-likeness (QED) is 0.592. The van der Waals surface area contributed by atoms with Crippen molar-refractivity contribution in [3.63, 3.8) is 0 Å². The number of ether oxygens (including phenoxy) is 1. The number of hydrogen-bond acceptors (Lipinski definition) is 2. The Hall–Kier alpha value is -0.0800. The van der Waals surface area contributed by atoms with Crippen molar-refractivity contribution in [3.05, 3.63) is 0 Å². The summed E-state index contributed by atoms with van der Waals surface area (Å²) < 4.78 is 5.54. The zero-order chi connectivity index (χ0) is 6.10. The van der Waals surface area contributed by atoms with Crippen LogP contribution in [-0.2, 0) is 4.74 Å². The second-order valence-electron chi connectivity index (χ2n) is 3.06. The first-order valence-corrected chi connectivity index (χ1v) is 3.77. The van der Waals surface area contributed by atoms with E-state index in [1.54, 1.807) is 0 Å². The summed E-state index contributed by atoms with van der Waals surface area (Å²) in [5.41, 5.74) is 0. The summed E-state index contributed by atoms with van der Waals surface area (Å²) in [7, 11) is 0. The summed E-state index contributed by atoms with van der Waals surface area (Å²) >= 11 is 0. The van der Waals surface area contributed by atoms with Crippen LogP contribution < -0.4 is 5.32 Å². The molecule has 0 bridgehead atoms. The van der Waals surface area contributed by atoms with Gasteiger partial charge in [0.2, 0.25) is 0 Å². The molecule has 0 aromatic carbocycles. The Kier molecular flexibility index (Phi) is 1.44. The van der Waals surface area contributed by atoms with Crippen molar-refractivity contribution in [2.45, 2.75) is 18.9 Å². The largest absolute Gasteiger partial charge is 0.375 e. The molecule has 2 heteroatoms. The molecule has 1 aliphatic carbocycles. The van der Waals surface area contributed by atoms with Crippen molar-refractivity contribution in [2.75, 3.05) is 19.7 Å². The molecule has 0 unspecified atom stereocenters. The lowest BCUT2D eigenvalue weighted by Crippen LogP contribution is -2.48. The first kappa shape index (κ1) is 5.69. The van der Waals surface area contributed by atoms with E-state index in [1.807, 2.05) is 0 Å². The predicted octanol–water partition coefficient (Wildman–Crippen LogP) is 0.385. The van der Waals surface area contributed by atoms with Crippen molar-refractivity contribution in [1.29, 1.82) is 0 Å². The maximum atomic E-state index is 5.54. The van der Waals surface area contributed by atoms with Crippen LogP contribution >= 0.6 is 0 Å². The molecule has 2 fully saturated rings. The standard InChI is InChI=1S/C7H13NO/c1-2-6(1)5-9-7-3-8-4-7/h6-8H,1-5H2. The average Bonchev–Trinajstić information content (AvgIpc) is 2.44. The van der Waals surface area contributed by atoms with Crippen molar-refractivity contribution in [2.24, 2.45) is 5.92 Å². The molecule has 2 nitrogen and oxygen atoms in total.